The number of hydrogen-bond donors (Lipinski definition) is 0. The van der Waals surface area contributed by atoms with E-state index in [9.17, 15) is 18.0 Å². The van der Waals surface area contributed by atoms with Gasteiger partial charge in [0.15, 0.2) is 5.60 Å². The van der Waals surface area contributed by atoms with Gasteiger partial charge in [-0.1, -0.05) is 6.58 Å². The normalized spacial score (nSPS) is 16.6. The van der Waals surface area contributed by atoms with Crippen LogP contribution < -0.4 is 0 Å². The Hall–Kier alpha value is -1.08. The van der Waals surface area contributed by atoms with Crippen molar-refractivity contribution in [1.29, 1.82) is 0 Å². The number of rotatable bonds is 7. The summed E-state index contributed by atoms with van der Waals surface area (Å²) in [5, 5.41) is 0. The minimum Gasteiger partial charge on any atom is -0.459 e. The van der Waals surface area contributed by atoms with E-state index in [0.717, 1.165) is 6.92 Å². The lowest BCUT2D eigenvalue weighted by Crippen LogP contribution is -2.48. The van der Waals surface area contributed by atoms with Gasteiger partial charge in [-0.05, 0) is 20.8 Å². The molecule has 0 aromatic carbocycles. The number of halogens is 3. The average molecular weight is 284 g/mol. The Kier molecular flexibility index (Phi) is 6.51. The van der Waals surface area contributed by atoms with Gasteiger partial charge in [0, 0.05) is 19.1 Å². The maximum atomic E-state index is 12.9. The molecule has 0 bridgehead atoms. The number of carbonyl (C=O) groups excluding carboxylic acids is 1. The van der Waals surface area contributed by atoms with Crippen LogP contribution in [0.5, 0.6) is 0 Å². The lowest BCUT2D eigenvalue weighted by atomic mass is 9.98. The van der Waals surface area contributed by atoms with E-state index in [-0.39, 0.29) is 5.57 Å². The van der Waals surface area contributed by atoms with Crippen molar-refractivity contribution in [2.75, 3.05) is 13.9 Å². The van der Waals surface area contributed by atoms with Crippen LogP contribution in [0.2, 0.25) is 0 Å². The van der Waals surface area contributed by atoms with Gasteiger partial charge in [0.1, 0.15) is 12.9 Å². The zero-order chi connectivity index (χ0) is 15.3. The molecular formula is C12H19F3O4. The minimum absolute atomic E-state index is 0.123. The standard InChI is InChI=1S/C12H19F3O4/c1-8(2)10(16)19-9(3)6-11(4,12(13,14)15)18-7-17-5/h9H,1,6-7H2,2-5H3. The number of alkyl halides is 3. The van der Waals surface area contributed by atoms with Gasteiger partial charge < -0.3 is 14.2 Å². The molecule has 0 radical (unpaired) electrons. The van der Waals surface area contributed by atoms with Crippen molar-refractivity contribution in [2.45, 2.75) is 45.1 Å². The summed E-state index contributed by atoms with van der Waals surface area (Å²) < 4.78 is 52.8. The van der Waals surface area contributed by atoms with Gasteiger partial charge in [0.25, 0.3) is 0 Å². The second-order valence-electron chi connectivity index (χ2n) is 4.48. The molecule has 0 rings (SSSR count). The molecule has 0 aliphatic heterocycles. The van der Waals surface area contributed by atoms with Gasteiger partial charge >= 0.3 is 12.1 Å². The number of methoxy groups -OCH3 is 1. The molecule has 0 fully saturated rings. The lowest BCUT2D eigenvalue weighted by molar-refractivity contribution is -0.296. The third-order valence-electron chi connectivity index (χ3n) is 2.43. The van der Waals surface area contributed by atoms with E-state index in [0.29, 0.717) is 0 Å². The van der Waals surface area contributed by atoms with E-state index < -0.39 is 37.1 Å². The first-order valence-corrected chi connectivity index (χ1v) is 5.59. The molecule has 7 heteroatoms. The van der Waals surface area contributed by atoms with Crippen molar-refractivity contribution >= 4 is 5.97 Å². The summed E-state index contributed by atoms with van der Waals surface area (Å²) in [6, 6.07) is 0. The lowest BCUT2D eigenvalue weighted by Gasteiger charge is -2.33. The molecule has 2 atom stereocenters. The maximum absolute atomic E-state index is 12.9. The number of carbonyl (C=O) groups is 1. The highest BCUT2D eigenvalue weighted by Crippen LogP contribution is 2.37. The molecule has 2 unspecified atom stereocenters. The summed E-state index contributed by atoms with van der Waals surface area (Å²) in [5.74, 6) is -0.733. The SMILES string of the molecule is C=C(C)C(=O)OC(C)CC(C)(OCOC)C(F)(F)F. The predicted octanol–water partition coefficient (Wildman–Crippen LogP) is 2.83. The van der Waals surface area contributed by atoms with Crippen LogP contribution in [0.3, 0.4) is 0 Å². The van der Waals surface area contributed by atoms with Gasteiger partial charge in [-0.15, -0.1) is 0 Å². The summed E-state index contributed by atoms with van der Waals surface area (Å²) in [5.41, 5.74) is -2.32. The Morgan fingerprint density at radius 2 is 1.89 bits per heavy atom. The van der Waals surface area contributed by atoms with Crippen molar-refractivity contribution in [3.8, 4) is 0 Å². The van der Waals surface area contributed by atoms with Crippen molar-refractivity contribution in [2.24, 2.45) is 0 Å². The van der Waals surface area contributed by atoms with E-state index in [1.165, 1.54) is 21.0 Å². The average Bonchev–Trinajstić information content (AvgIpc) is 2.24. The monoisotopic (exact) mass is 284 g/mol. The van der Waals surface area contributed by atoms with Crippen LogP contribution in [0.1, 0.15) is 27.2 Å². The van der Waals surface area contributed by atoms with Crippen LogP contribution in [-0.2, 0) is 19.0 Å². The summed E-state index contributed by atoms with van der Waals surface area (Å²) in [6.07, 6.45) is -6.10. The predicted molar refractivity (Wildman–Crippen MR) is 62.4 cm³/mol. The third-order valence-corrected chi connectivity index (χ3v) is 2.43. The third kappa shape index (κ3) is 5.61. The number of ether oxygens (including phenoxy) is 3. The van der Waals surface area contributed by atoms with Gasteiger partial charge in [-0.25, -0.2) is 4.79 Å². The largest absolute Gasteiger partial charge is 0.459 e. The first kappa shape index (κ1) is 17.9. The molecule has 0 saturated heterocycles. The molecule has 4 nitrogen and oxygen atoms in total. The Morgan fingerprint density at radius 1 is 1.37 bits per heavy atom. The fourth-order valence-corrected chi connectivity index (χ4v) is 1.32. The van der Waals surface area contributed by atoms with Crippen LogP contribution in [0.25, 0.3) is 0 Å². The summed E-state index contributed by atoms with van der Waals surface area (Å²) in [7, 11) is 1.22. The van der Waals surface area contributed by atoms with Crippen LogP contribution in [-0.4, -0.2) is 37.8 Å². The Bertz CT molecular complexity index is 327. The molecule has 0 heterocycles. The fraction of sp³-hybridized carbons (Fsp3) is 0.750. The number of esters is 1. The molecule has 0 saturated carbocycles. The highest BCUT2D eigenvalue weighted by molar-refractivity contribution is 5.87. The van der Waals surface area contributed by atoms with E-state index in [1.807, 2.05) is 0 Å². The minimum atomic E-state index is -4.60. The molecule has 0 spiro atoms. The fourth-order valence-electron chi connectivity index (χ4n) is 1.32. The highest BCUT2D eigenvalue weighted by atomic mass is 19.4. The van der Waals surface area contributed by atoms with Crippen LogP contribution in [0, 0.1) is 0 Å². The molecule has 19 heavy (non-hydrogen) atoms. The smallest absolute Gasteiger partial charge is 0.417 e. The molecule has 0 aliphatic carbocycles. The quantitative estimate of drug-likeness (QED) is 0.410. The molecule has 112 valence electrons. The first-order chi connectivity index (χ1) is 8.53. The summed E-state index contributed by atoms with van der Waals surface area (Å²) in [6.45, 7) is 6.52. The maximum Gasteiger partial charge on any atom is 0.417 e. The molecule has 0 amide bonds. The second-order valence-corrected chi connectivity index (χ2v) is 4.48. The number of hydrogen-bond acceptors (Lipinski definition) is 4. The van der Waals surface area contributed by atoms with Crippen LogP contribution >= 0.6 is 0 Å². The van der Waals surface area contributed by atoms with E-state index >= 15 is 0 Å². The molecule has 0 aliphatic rings. The summed E-state index contributed by atoms with van der Waals surface area (Å²) >= 11 is 0. The molecule has 0 N–H and O–H groups in total. The first-order valence-electron chi connectivity index (χ1n) is 5.59. The Balaban J connectivity index is 4.74. The Labute approximate surface area is 110 Å². The molecule has 0 aromatic heterocycles. The van der Waals surface area contributed by atoms with Gasteiger partial charge in [-0.2, -0.15) is 13.2 Å². The van der Waals surface area contributed by atoms with Gasteiger partial charge in [0.2, 0.25) is 0 Å². The zero-order valence-electron chi connectivity index (χ0n) is 11.5. The van der Waals surface area contributed by atoms with Crippen molar-refractivity contribution in [3.63, 3.8) is 0 Å². The van der Waals surface area contributed by atoms with Crippen molar-refractivity contribution in [3.05, 3.63) is 12.2 Å². The summed E-state index contributed by atoms with van der Waals surface area (Å²) in [4.78, 5) is 11.2. The van der Waals surface area contributed by atoms with E-state index in [2.05, 4.69) is 11.3 Å². The zero-order valence-corrected chi connectivity index (χ0v) is 11.5. The van der Waals surface area contributed by atoms with Crippen LogP contribution in [0.15, 0.2) is 12.2 Å². The van der Waals surface area contributed by atoms with Gasteiger partial charge in [-0.3, -0.25) is 0 Å². The van der Waals surface area contributed by atoms with Crippen LogP contribution in [0.4, 0.5) is 13.2 Å². The molecule has 0 aromatic rings. The van der Waals surface area contributed by atoms with E-state index in [4.69, 9.17) is 9.47 Å². The second kappa shape index (κ2) is 6.91. The molecular weight excluding hydrogens is 265 g/mol. The van der Waals surface area contributed by atoms with Crippen molar-refractivity contribution in [1.82, 2.24) is 0 Å². The Morgan fingerprint density at radius 3 is 2.26 bits per heavy atom. The highest BCUT2D eigenvalue weighted by Gasteiger charge is 2.53. The van der Waals surface area contributed by atoms with Crippen molar-refractivity contribution < 1.29 is 32.2 Å². The van der Waals surface area contributed by atoms with E-state index in [1.54, 1.807) is 0 Å². The topological polar surface area (TPSA) is 44.8 Å². The van der Waals surface area contributed by atoms with Gasteiger partial charge in [0.05, 0.1) is 0 Å².